The summed E-state index contributed by atoms with van der Waals surface area (Å²) >= 11 is 3.52. The quantitative estimate of drug-likeness (QED) is 0.629. The van der Waals surface area contributed by atoms with Crippen molar-refractivity contribution in [2.75, 3.05) is 34.5 Å². The molecule has 0 unspecified atom stereocenters. The average Bonchev–Trinajstić information content (AvgIpc) is 2.96. The maximum atomic E-state index is 12.3. The lowest BCUT2D eigenvalue weighted by Crippen LogP contribution is -2.07. The SMILES string of the molecule is CCOC(=O)c1[nH]c(CCN)c(-c2ccc(OC)c(OC)c2OC)c1Br. The molecule has 1 aromatic heterocycles. The van der Waals surface area contributed by atoms with Crippen LogP contribution in [0.15, 0.2) is 16.6 Å². The van der Waals surface area contributed by atoms with Gasteiger partial charge in [0.05, 0.1) is 32.4 Å². The number of nitrogens with two attached hydrogens (primary N) is 1. The number of ether oxygens (including phenoxy) is 4. The first kappa shape index (κ1) is 20.1. The zero-order valence-electron chi connectivity index (χ0n) is 15.3. The van der Waals surface area contributed by atoms with Crippen molar-refractivity contribution in [3.63, 3.8) is 0 Å². The van der Waals surface area contributed by atoms with Gasteiger partial charge in [-0.3, -0.25) is 0 Å². The lowest BCUT2D eigenvalue weighted by molar-refractivity contribution is 0.0519. The average molecular weight is 427 g/mol. The van der Waals surface area contributed by atoms with Crippen LogP contribution in [0.25, 0.3) is 11.1 Å². The molecule has 142 valence electrons. The molecule has 0 radical (unpaired) electrons. The van der Waals surface area contributed by atoms with Crippen molar-refractivity contribution in [3.05, 3.63) is 28.0 Å². The van der Waals surface area contributed by atoms with Gasteiger partial charge in [0.1, 0.15) is 5.69 Å². The Balaban J connectivity index is 2.73. The van der Waals surface area contributed by atoms with Gasteiger partial charge in [-0.15, -0.1) is 0 Å². The van der Waals surface area contributed by atoms with Gasteiger partial charge in [0.15, 0.2) is 11.5 Å². The van der Waals surface area contributed by atoms with E-state index in [0.29, 0.717) is 40.4 Å². The molecule has 2 aromatic rings. The summed E-state index contributed by atoms with van der Waals surface area (Å²) in [4.78, 5) is 15.4. The number of halogens is 1. The first-order valence-electron chi connectivity index (χ1n) is 8.10. The molecule has 0 atom stereocenters. The molecule has 0 aliphatic heterocycles. The van der Waals surface area contributed by atoms with Gasteiger partial charge >= 0.3 is 5.97 Å². The van der Waals surface area contributed by atoms with Crippen LogP contribution in [0.4, 0.5) is 0 Å². The summed E-state index contributed by atoms with van der Waals surface area (Å²) < 4.78 is 22.1. The van der Waals surface area contributed by atoms with Gasteiger partial charge in [-0.25, -0.2) is 4.79 Å². The van der Waals surface area contributed by atoms with Gasteiger partial charge in [0.25, 0.3) is 0 Å². The van der Waals surface area contributed by atoms with E-state index in [0.717, 1.165) is 16.8 Å². The van der Waals surface area contributed by atoms with E-state index < -0.39 is 5.97 Å². The standard InChI is InChI=1S/C18H23BrN2O5/c1-5-26-18(22)15-14(19)13(11(21-15)8-9-20)10-6-7-12(23-2)17(25-4)16(10)24-3/h6-7,21H,5,8-9,20H2,1-4H3. The second-order valence-electron chi connectivity index (χ2n) is 5.31. The minimum atomic E-state index is -0.441. The summed E-state index contributed by atoms with van der Waals surface area (Å²) in [6.45, 7) is 2.46. The molecule has 1 aromatic carbocycles. The Labute approximate surface area is 160 Å². The molecular formula is C18H23BrN2O5. The Morgan fingerprint density at radius 2 is 1.85 bits per heavy atom. The van der Waals surface area contributed by atoms with E-state index in [1.54, 1.807) is 34.3 Å². The van der Waals surface area contributed by atoms with Crippen LogP contribution in [0.1, 0.15) is 23.1 Å². The van der Waals surface area contributed by atoms with Crippen molar-refractivity contribution < 1.29 is 23.7 Å². The van der Waals surface area contributed by atoms with Crippen LogP contribution >= 0.6 is 15.9 Å². The number of methoxy groups -OCH3 is 3. The fraction of sp³-hybridized carbons (Fsp3) is 0.389. The Morgan fingerprint density at radius 3 is 2.38 bits per heavy atom. The van der Waals surface area contributed by atoms with Crippen molar-refractivity contribution in [1.82, 2.24) is 4.98 Å². The number of benzene rings is 1. The van der Waals surface area contributed by atoms with E-state index in [2.05, 4.69) is 20.9 Å². The Bertz CT molecular complexity index is 788. The zero-order valence-corrected chi connectivity index (χ0v) is 16.9. The van der Waals surface area contributed by atoms with Crippen molar-refractivity contribution >= 4 is 21.9 Å². The monoisotopic (exact) mass is 426 g/mol. The minimum absolute atomic E-state index is 0.283. The second-order valence-corrected chi connectivity index (χ2v) is 6.10. The molecule has 7 nitrogen and oxygen atoms in total. The number of rotatable bonds is 8. The molecule has 1 heterocycles. The highest BCUT2D eigenvalue weighted by molar-refractivity contribution is 9.10. The molecule has 26 heavy (non-hydrogen) atoms. The largest absolute Gasteiger partial charge is 0.493 e. The molecule has 0 amide bonds. The highest BCUT2D eigenvalue weighted by Gasteiger charge is 2.26. The Kier molecular flexibility index (Phi) is 6.93. The molecule has 0 spiro atoms. The molecule has 8 heteroatoms. The fourth-order valence-corrected chi connectivity index (χ4v) is 3.49. The number of carbonyl (C=O) groups excluding carboxylic acids is 1. The van der Waals surface area contributed by atoms with Crippen LogP contribution in [0.3, 0.4) is 0 Å². The zero-order chi connectivity index (χ0) is 19.3. The van der Waals surface area contributed by atoms with Gasteiger partial charge in [0, 0.05) is 23.2 Å². The first-order chi connectivity index (χ1) is 12.5. The number of esters is 1. The normalized spacial score (nSPS) is 10.5. The molecule has 0 aliphatic carbocycles. The van der Waals surface area contributed by atoms with Crippen molar-refractivity contribution in [2.24, 2.45) is 5.73 Å². The molecular weight excluding hydrogens is 404 g/mol. The maximum absolute atomic E-state index is 12.3. The van der Waals surface area contributed by atoms with Gasteiger partial charge in [-0.05, 0) is 41.5 Å². The van der Waals surface area contributed by atoms with Crippen molar-refractivity contribution in [3.8, 4) is 28.4 Å². The van der Waals surface area contributed by atoms with E-state index in [1.165, 1.54) is 0 Å². The number of aromatic nitrogens is 1. The van der Waals surface area contributed by atoms with E-state index in [9.17, 15) is 4.79 Å². The summed E-state index contributed by atoms with van der Waals surface area (Å²) in [7, 11) is 4.65. The highest BCUT2D eigenvalue weighted by Crippen LogP contribution is 2.47. The van der Waals surface area contributed by atoms with E-state index in [1.807, 2.05) is 6.07 Å². The third kappa shape index (κ3) is 3.66. The lowest BCUT2D eigenvalue weighted by atomic mass is 10.0. The second kappa shape index (κ2) is 8.95. The van der Waals surface area contributed by atoms with E-state index >= 15 is 0 Å². The number of hydrogen-bond acceptors (Lipinski definition) is 6. The predicted octanol–water partition coefficient (Wildman–Crippen LogP) is 3.15. The third-order valence-electron chi connectivity index (χ3n) is 3.86. The van der Waals surface area contributed by atoms with Crippen LogP contribution < -0.4 is 19.9 Å². The summed E-state index contributed by atoms with van der Waals surface area (Å²) in [6, 6.07) is 3.63. The lowest BCUT2D eigenvalue weighted by Gasteiger charge is -2.16. The Morgan fingerprint density at radius 1 is 1.15 bits per heavy atom. The van der Waals surface area contributed by atoms with Crippen molar-refractivity contribution in [2.45, 2.75) is 13.3 Å². The summed E-state index contributed by atoms with van der Waals surface area (Å²) in [5.74, 6) is 1.08. The summed E-state index contributed by atoms with van der Waals surface area (Å²) in [5.41, 5.74) is 8.40. The maximum Gasteiger partial charge on any atom is 0.355 e. The Hall–Kier alpha value is -2.19. The topological polar surface area (TPSA) is 95.8 Å². The van der Waals surface area contributed by atoms with Crippen LogP contribution in [-0.4, -0.2) is 45.4 Å². The molecule has 0 saturated heterocycles. The minimum Gasteiger partial charge on any atom is -0.493 e. The van der Waals surface area contributed by atoms with Crippen LogP contribution in [0.5, 0.6) is 17.2 Å². The van der Waals surface area contributed by atoms with Crippen molar-refractivity contribution in [1.29, 1.82) is 0 Å². The molecule has 0 aliphatic rings. The molecule has 0 saturated carbocycles. The summed E-state index contributed by atoms with van der Waals surface area (Å²) in [6.07, 6.45) is 0.546. The highest BCUT2D eigenvalue weighted by atomic mass is 79.9. The molecule has 2 rings (SSSR count). The number of hydrogen-bond donors (Lipinski definition) is 2. The van der Waals surface area contributed by atoms with E-state index in [-0.39, 0.29) is 6.61 Å². The molecule has 3 N–H and O–H groups in total. The van der Waals surface area contributed by atoms with Gasteiger partial charge in [-0.1, -0.05) is 0 Å². The number of nitrogens with one attached hydrogen (secondary N) is 1. The number of H-pyrrole nitrogens is 1. The third-order valence-corrected chi connectivity index (χ3v) is 4.66. The van der Waals surface area contributed by atoms with Crippen LogP contribution in [0, 0.1) is 0 Å². The van der Waals surface area contributed by atoms with Crippen LogP contribution in [-0.2, 0) is 11.2 Å². The molecule has 0 fully saturated rings. The summed E-state index contributed by atoms with van der Waals surface area (Å²) in [5, 5.41) is 0. The van der Waals surface area contributed by atoms with Crippen LogP contribution in [0.2, 0.25) is 0 Å². The number of carbonyl (C=O) groups is 1. The smallest absolute Gasteiger partial charge is 0.355 e. The molecule has 0 bridgehead atoms. The first-order valence-corrected chi connectivity index (χ1v) is 8.90. The fourth-order valence-electron chi connectivity index (χ4n) is 2.78. The van der Waals surface area contributed by atoms with Gasteiger partial charge in [-0.2, -0.15) is 0 Å². The number of aromatic amines is 1. The van der Waals surface area contributed by atoms with Gasteiger partial charge < -0.3 is 29.7 Å². The predicted molar refractivity (Wildman–Crippen MR) is 102 cm³/mol. The van der Waals surface area contributed by atoms with E-state index in [4.69, 9.17) is 24.7 Å². The van der Waals surface area contributed by atoms with Gasteiger partial charge in [0.2, 0.25) is 5.75 Å².